The van der Waals surface area contributed by atoms with Gasteiger partial charge in [0.25, 0.3) is 10.0 Å². The van der Waals surface area contributed by atoms with Gasteiger partial charge in [-0.25, -0.2) is 4.98 Å². The summed E-state index contributed by atoms with van der Waals surface area (Å²) in [5.74, 6) is 0.379. The summed E-state index contributed by atoms with van der Waals surface area (Å²) in [6.07, 6.45) is 4.93. The maximum atomic E-state index is 12.9. The highest BCUT2D eigenvalue weighted by atomic mass is 32.2. The van der Waals surface area contributed by atoms with Gasteiger partial charge in [0.15, 0.2) is 5.03 Å². The number of para-hydroxylation sites is 1. The van der Waals surface area contributed by atoms with Crippen LogP contribution in [0.2, 0.25) is 0 Å². The quantitative estimate of drug-likeness (QED) is 0.693. The predicted octanol–water partition coefficient (Wildman–Crippen LogP) is 1.54. The van der Waals surface area contributed by atoms with Crippen LogP contribution in [0.25, 0.3) is 0 Å². The number of furan rings is 1. The van der Waals surface area contributed by atoms with E-state index in [1.165, 1.54) is 27.7 Å². The Morgan fingerprint density at radius 3 is 2.89 bits per heavy atom. The number of nitrogens with one attached hydrogen (secondary N) is 1. The Labute approximate surface area is 156 Å². The van der Waals surface area contributed by atoms with Gasteiger partial charge in [-0.3, -0.25) is 9.10 Å². The summed E-state index contributed by atoms with van der Waals surface area (Å²) >= 11 is 0. The topological polar surface area (TPSA) is 97.4 Å². The summed E-state index contributed by atoms with van der Waals surface area (Å²) in [5, 5.41) is 2.64. The lowest BCUT2D eigenvalue weighted by atomic mass is 10.2. The zero-order valence-electron chi connectivity index (χ0n) is 14.4. The first-order chi connectivity index (χ1) is 13.0. The van der Waals surface area contributed by atoms with Crippen molar-refractivity contribution in [2.45, 2.75) is 24.5 Å². The number of rotatable bonds is 6. The van der Waals surface area contributed by atoms with Gasteiger partial charge in [0.1, 0.15) is 12.3 Å². The second kappa shape index (κ2) is 6.92. The first-order valence-electron chi connectivity index (χ1n) is 8.45. The standard InChI is InChI=1S/C18H18N4O4S/c23-17(19-10-15-5-3-9-26-15)11-21-12-18(20-13-21)27(24,25)22-8-7-14-4-1-2-6-16(14)22/h1-6,9,12-13H,7-8,10-11H2,(H,19,23). The van der Waals surface area contributed by atoms with E-state index in [9.17, 15) is 13.2 Å². The maximum Gasteiger partial charge on any atom is 0.283 e. The van der Waals surface area contributed by atoms with E-state index >= 15 is 0 Å². The molecule has 0 radical (unpaired) electrons. The van der Waals surface area contributed by atoms with Gasteiger partial charge in [-0.1, -0.05) is 18.2 Å². The first-order valence-corrected chi connectivity index (χ1v) is 9.89. The second-order valence-corrected chi connectivity index (χ2v) is 8.01. The molecule has 3 aromatic rings. The molecule has 8 nitrogen and oxygen atoms in total. The fraction of sp³-hybridized carbons (Fsp3) is 0.222. The lowest BCUT2D eigenvalue weighted by Gasteiger charge is -2.17. The van der Waals surface area contributed by atoms with E-state index in [2.05, 4.69) is 10.3 Å². The number of anilines is 1. The van der Waals surface area contributed by atoms with Crippen molar-refractivity contribution in [2.75, 3.05) is 10.8 Å². The van der Waals surface area contributed by atoms with Gasteiger partial charge in [0.05, 0.1) is 24.8 Å². The molecule has 1 aromatic carbocycles. The third kappa shape index (κ3) is 3.45. The third-order valence-electron chi connectivity index (χ3n) is 4.37. The van der Waals surface area contributed by atoms with E-state index in [1.807, 2.05) is 18.2 Å². The number of carbonyl (C=O) groups excluding carboxylic acids is 1. The molecule has 0 unspecified atom stereocenters. The zero-order chi connectivity index (χ0) is 18.9. The summed E-state index contributed by atoms with van der Waals surface area (Å²) in [5.41, 5.74) is 1.68. The van der Waals surface area contributed by atoms with Crippen molar-refractivity contribution in [3.63, 3.8) is 0 Å². The number of aromatic nitrogens is 2. The van der Waals surface area contributed by atoms with Gasteiger partial charge in [-0.2, -0.15) is 8.42 Å². The van der Waals surface area contributed by atoms with Gasteiger partial charge in [0.2, 0.25) is 5.91 Å². The van der Waals surface area contributed by atoms with Crippen LogP contribution in [-0.4, -0.2) is 30.4 Å². The van der Waals surface area contributed by atoms with Crippen molar-refractivity contribution in [1.82, 2.24) is 14.9 Å². The Hall–Kier alpha value is -3.07. The molecule has 9 heteroatoms. The number of fused-ring (bicyclic) bond motifs is 1. The Morgan fingerprint density at radius 2 is 2.07 bits per heavy atom. The normalized spacial score (nSPS) is 13.6. The molecule has 1 N–H and O–H groups in total. The number of imidazole rings is 1. The van der Waals surface area contributed by atoms with Gasteiger partial charge in [-0.15, -0.1) is 0 Å². The molecule has 0 saturated heterocycles. The smallest absolute Gasteiger partial charge is 0.283 e. The van der Waals surface area contributed by atoms with Crippen LogP contribution in [0.15, 0.2) is 64.6 Å². The van der Waals surface area contributed by atoms with E-state index in [1.54, 1.807) is 18.2 Å². The fourth-order valence-electron chi connectivity index (χ4n) is 3.05. The number of amides is 1. The summed E-state index contributed by atoms with van der Waals surface area (Å²) in [7, 11) is -3.76. The third-order valence-corrected chi connectivity index (χ3v) is 6.07. The lowest BCUT2D eigenvalue weighted by Crippen LogP contribution is -2.29. The lowest BCUT2D eigenvalue weighted by molar-refractivity contribution is -0.121. The second-order valence-electron chi connectivity index (χ2n) is 6.20. The van der Waals surface area contributed by atoms with E-state index in [0.29, 0.717) is 24.4 Å². The Kier molecular flexibility index (Phi) is 4.44. The molecule has 0 fully saturated rings. The zero-order valence-corrected chi connectivity index (χ0v) is 15.2. The minimum absolute atomic E-state index is 0.0280. The molecular formula is C18H18N4O4S. The molecule has 3 heterocycles. The molecule has 1 amide bonds. The van der Waals surface area contributed by atoms with Gasteiger partial charge in [0, 0.05) is 12.7 Å². The summed E-state index contributed by atoms with van der Waals surface area (Å²) < 4.78 is 33.8. The summed E-state index contributed by atoms with van der Waals surface area (Å²) in [4.78, 5) is 16.0. The molecule has 4 rings (SSSR count). The molecule has 27 heavy (non-hydrogen) atoms. The van der Waals surface area contributed by atoms with E-state index in [4.69, 9.17) is 4.42 Å². The van der Waals surface area contributed by atoms with Gasteiger partial charge in [-0.05, 0) is 30.2 Å². The average molecular weight is 386 g/mol. The molecule has 1 aliphatic heterocycles. The number of benzene rings is 1. The van der Waals surface area contributed by atoms with Crippen LogP contribution in [0.3, 0.4) is 0 Å². The molecule has 0 spiro atoms. The fourth-order valence-corrected chi connectivity index (χ4v) is 4.49. The Morgan fingerprint density at radius 1 is 1.22 bits per heavy atom. The molecule has 0 bridgehead atoms. The molecule has 0 atom stereocenters. The van der Waals surface area contributed by atoms with E-state index < -0.39 is 10.0 Å². The minimum Gasteiger partial charge on any atom is -0.467 e. The highest BCUT2D eigenvalue weighted by molar-refractivity contribution is 7.92. The largest absolute Gasteiger partial charge is 0.467 e. The van der Waals surface area contributed by atoms with Crippen LogP contribution in [-0.2, 0) is 34.3 Å². The van der Waals surface area contributed by atoms with Crippen molar-refractivity contribution in [3.8, 4) is 0 Å². The average Bonchev–Trinajstić information content (AvgIpc) is 3.40. The molecular weight excluding hydrogens is 368 g/mol. The SMILES string of the molecule is O=C(Cn1cnc(S(=O)(=O)N2CCc3ccccc32)c1)NCc1ccco1. The number of nitrogens with zero attached hydrogens (tertiary/aromatic N) is 3. The van der Waals surface area contributed by atoms with Crippen molar-refractivity contribution in [1.29, 1.82) is 0 Å². The minimum atomic E-state index is -3.76. The highest BCUT2D eigenvalue weighted by Crippen LogP contribution is 2.32. The van der Waals surface area contributed by atoms with Crippen LogP contribution >= 0.6 is 0 Å². The van der Waals surface area contributed by atoms with Crippen LogP contribution in [0, 0.1) is 0 Å². The molecule has 0 saturated carbocycles. The monoisotopic (exact) mass is 386 g/mol. The van der Waals surface area contributed by atoms with Crippen molar-refractivity contribution in [3.05, 3.63) is 66.5 Å². The van der Waals surface area contributed by atoms with Crippen LogP contribution in [0.5, 0.6) is 0 Å². The molecule has 2 aromatic heterocycles. The molecule has 0 aliphatic carbocycles. The molecule has 140 valence electrons. The summed E-state index contributed by atoms with van der Waals surface area (Å²) in [6.45, 7) is 0.633. The first kappa shape index (κ1) is 17.3. The van der Waals surface area contributed by atoms with Crippen molar-refractivity contribution in [2.24, 2.45) is 0 Å². The van der Waals surface area contributed by atoms with Gasteiger partial charge < -0.3 is 14.3 Å². The van der Waals surface area contributed by atoms with E-state index in [-0.39, 0.29) is 24.0 Å². The van der Waals surface area contributed by atoms with Crippen molar-refractivity contribution < 1.29 is 17.6 Å². The molecule has 1 aliphatic rings. The Balaban J connectivity index is 1.45. The number of hydrogen-bond acceptors (Lipinski definition) is 5. The number of hydrogen-bond donors (Lipinski definition) is 1. The maximum absolute atomic E-state index is 12.9. The number of sulfonamides is 1. The van der Waals surface area contributed by atoms with E-state index in [0.717, 1.165) is 5.56 Å². The summed E-state index contributed by atoms with van der Waals surface area (Å²) in [6, 6.07) is 10.9. The van der Waals surface area contributed by atoms with Crippen LogP contribution < -0.4 is 9.62 Å². The number of carbonyl (C=O) groups is 1. The van der Waals surface area contributed by atoms with Crippen LogP contribution in [0.4, 0.5) is 5.69 Å². The van der Waals surface area contributed by atoms with Gasteiger partial charge >= 0.3 is 0 Å². The Bertz CT molecular complexity index is 1060. The highest BCUT2D eigenvalue weighted by Gasteiger charge is 2.32. The van der Waals surface area contributed by atoms with Crippen LogP contribution in [0.1, 0.15) is 11.3 Å². The predicted molar refractivity (Wildman–Crippen MR) is 97.5 cm³/mol. The van der Waals surface area contributed by atoms with Crippen molar-refractivity contribution >= 4 is 21.6 Å².